The molecule has 2 aromatic rings. The molecule has 6 heteroatoms. The van der Waals surface area contributed by atoms with Crippen LogP contribution in [0.2, 0.25) is 0 Å². The van der Waals surface area contributed by atoms with Crippen LogP contribution in [0.15, 0.2) is 66.8 Å². The van der Waals surface area contributed by atoms with Crippen molar-refractivity contribution < 1.29 is 22.7 Å². The van der Waals surface area contributed by atoms with Gasteiger partial charge < -0.3 is 4.74 Å². The molecule has 2 fully saturated rings. The summed E-state index contributed by atoms with van der Waals surface area (Å²) in [4.78, 5) is 15.1. The SMILES string of the molecule is O=C(/C=C/Cc1cccc(C(F)(F)F)c1)C1CCC(N2CCC3(C=Cc4ccccc43)CC2)CO1. The second kappa shape index (κ2) is 9.75. The van der Waals surface area contributed by atoms with Gasteiger partial charge in [0.05, 0.1) is 12.2 Å². The third kappa shape index (κ3) is 5.14. The van der Waals surface area contributed by atoms with E-state index < -0.39 is 17.8 Å². The maximum absolute atomic E-state index is 12.9. The number of hydrogen-bond acceptors (Lipinski definition) is 3. The second-order valence-corrected chi connectivity index (χ2v) is 9.87. The number of allylic oxidation sites excluding steroid dienone is 2. The van der Waals surface area contributed by atoms with Crippen molar-refractivity contribution in [1.82, 2.24) is 4.90 Å². The molecule has 2 heterocycles. The van der Waals surface area contributed by atoms with E-state index in [0.717, 1.165) is 44.5 Å². The molecule has 2 saturated heterocycles. The van der Waals surface area contributed by atoms with Gasteiger partial charge in [-0.25, -0.2) is 0 Å². The maximum Gasteiger partial charge on any atom is 0.416 e. The van der Waals surface area contributed by atoms with Crippen LogP contribution in [0.4, 0.5) is 13.2 Å². The lowest BCUT2D eigenvalue weighted by molar-refractivity contribution is -0.137. The topological polar surface area (TPSA) is 29.5 Å². The van der Waals surface area contributed by atoms with E-state index in [1.165, 1.54) is 23.3 Å². The van der Waals surface area contributed by atoms with E-state index in [-0.39, 0.29) is 17.6 Å². The monoisotopic (exact) mass is 481 g/mol. The second-order valence-electron chi connectivity index (χ2n) is 9.87. The molecule has 2 aromatic carbocycles. The normalized spacial score (nSPS) is 24.2. The van der Waals surface area contributed by atoms with E-state index in [4.69, 9.17) is 4.74 Å². The summed E-state index contributed by atoms with van der Waals surface area (Å²) in [6.07, 6.45) is 6.94. The third-order valence-electron chi connectivity index (χ3n) is 7.74. The first-order chi connectivity index (χ1) is 16.8. The van der Waals surface area contributed by atoms with Crippen LogP contribution in [0.3, 0.4) is 0 Å². The summed E-state index contributed by atoms with van der Waals surface area (Å²) in [5, 5.41) is 0. The first kappa shape index (κ1) is 24.0. The molecule has 0 radical (unpaired) electrons. The number of hydrogen-bond donors (Lipinski definition) is 0. The number of fused-ring (bicyclic) bond motifs is 2. The van der Waals surface area contributed by atoms with Gasteiger partial charge in [0, 0.05) is 11.5 Å². The number of rotatable bonds is 5. The van der Waals surface area contributed by atoms with Crippen LogP contribution in [0, 0.1) is 0 Å². The molecule has 3 nitrogen and oxygen atoms in total. The standard InChI is InChI=1S/C29H30F3NO2/c30-29(31,32)23-8-3-5-21(19-23)6-4-10-26(34)27-12-11-24(20-35-27)33-17-15-28(16-18-33)14-13-22-7-1-2-9-25(22)28/h1-5,7-10,13-14,19,24,27H,6,11-12,15-18,20H2/b10-4+. The summed E-state index contributed by atoms with van der Waals surface area (Å²) in [7, 11) is 0. The van der Waals surface area contributed by atoms with Gasteiger partial charge in [0.25, 0.3) is 0 Å². The average molecular weight is 482 g/mol. The minimum atomic E-state index is -4.37. The van der Waals surface area contributed by atoms with Crippen molar-refractivity contribution in [1.29, 1.82) is 0 Å². The fraction of sp³-hybridized carbons (Fsp3) is 0.414. The van der Waals surface area contributed by atoms with Crippen molar-refractivity contribution in [2.75, 3.05) is 19.7 Å². The number of benzene rings is 2. The van der Waals surface area contributed by atoms with Gasteiger partial charge in [0.2, 0.25) is 0 Å². The number of carbonyl (C=O) groups is 1. The van der Waals surface area contributed by atoms with Crippen molar-refractivity contribution in [3.8, 4) is 0 Å². The van der Waals surface area contributed by atoms with Crippen LogP contribution in [-0.4, -0.2) is 42.5 Å². The summed E-state index contributed by atoms with van der Waals surface area (Å²) in [6.45, 7) is 2.57. The summed E-state index contributed by atoms with van der Waals surface area (Å²) in [5.74, 6) is -0.110. The number of alkyl halides is 3. The van der Waals surface area contributed by atoms with Gasteiger partial charge in [-0.2, -0.15) is 13.2 Å². The fourth-order valence-corrected chi connectivity index (χ4v) is 5.70. The lowest BCUT2D eigenvalue weighted by Gasteiger charge is -2.44. The Kier molecular flexibility index (Phi) is 6.69. The Balaban J connectivity index is 1.09. The van der Waals surface area contributed by atoms with Crippen molar-refractivity contribution in [2.24, 2.45) is 0 Å². The molecule has 1 aliphatic carbocycles. The Labute approximate surface area is 204 Å². The minimum absolute atomic E-state index is 0.110. The van der Waals surface area contributed by atoms with Crippen molar-refractivity contribution in [2.45, 2.75) is 55.8 Å². The molecule has 3 aliphatic rings. The van der Waals surface area contributed by atoms with Gasteiger partial charge in [-0.1, -0.05) is 60.7 Å². The van der Waals surface area contributed by atoms with Gasteiger partial charge in [0.15, 0.2) is 5.78 Å². The number of piperidine rings is 1. The molecule has 0 saturated carbocycles. The van der Waals surface area contributed by atoms with Crippen LogP contribution in [0.1, 0.15) is 47.9 Å². The summed E-state index contributed by atoms with van der Waals surface area (Å²) in [5.41, 5.74) is 2.79. The molecule has 2 atom stereocenters. The Morgan fingerprint density at radius 1 is 1.09 bits per heavy atom. The predicted octanol–water partition coefficient (Wildman–Crippen LogP) is 5.98. The molecule has 0 aromatic heterocycles. The van der Waals surface area contributed by atoms with Gasteiger partial charge in [-0.15, -0.1) is 0 Å². The molecule has 0 bridgehead atoms. The number of ketones is 1. The molecule has 1 spiro atoms. The maximum atomic E-state index is 12.9. The molecule has 2 aliphatic heterocycles. The number of halogens is 3. The number of nitrogens with zero attached hydrogens (tertiary/aromatic N) is 1. The molecule has 35 heavy (non-hydrogen) atoms. The zero-order valence-electron chi connectivity index (χ0n) is 19.6. The first-order valence-corrected chi connectivity index (χ1v) is 12.3. The highest BCUT2D eigenvalue weighted by Gasteiger charge is 2.40. The van der Waals surface area contributed by atoms with E-state index in [1.54, 1.807) is 12.1 Å². The van der Waals surface area contributed by atoms with Gasteiger partial charge in [0.1, 0.15) is 6.10 Å². The smallest absolute Gasteiger partial charge is 0.368 e. The van der Waals surface area contributed by atoms with E-state index in [9.17, 15) is 18.0 Å². The molecule has 0 amide bonds. The highest BCUT2D eigenvalue weighted by molar-refractivity contribution is 5.93. The van der Waals surface area contributed by atoms with Gasteiger partial charge in [-0.05, 0) is 74.0 Å². The van der Waals surface area contributed by atoms with Crippen LogP contribution in [0.5, 0.6) is 0 Å². The highest BCUT2D eigenvalue weighted by atomic mass is 19.4. The van der Waals surface area contributed by atoms with Crippen LogP contribution >= 0.6 is 0 Å². The Morgan fingerprint density at radius 3 is 2.63 bits per heavy atom. The number of carbonyl (C=O) groups excluding carboxylic acids is 1. The van der Waals surface area contributed by atoms with Crippen LogP contribution in [-0.2, 0) is 27.5 Å². The zero-order chi connectivity index (χ0) is 24.5. The molecular weight excluding hydrogens is 451 g/mol. The van der Waals surface area contributed by atoms with E-state index in [0.29, 0.717) is 24.6 Å². The lowest BCUT2D eigenvalue weighted by atomic mass is 9.74. The molecule has 5 rings (SSSR count). The molecule has 184 valence electrons. The largest absolute Gasteiger partial charge is 0.416 e. The van der Waals surface area contributed by atoms with Crippen LogP contribution in [0.25, 0.3) is 6.08 Å². The minimum Gasteiger partial charge on any atom is -0.368 e. The van der Waals surface area contributed by atoms with Crippen molar-refractivity contribution >= 4 is 11.9 Å². The van der Waals surface area contributed by atoms with E-state index >= 15 is 0 Å². The van der Waals surface area contributed by atoms with E-state index in [2.05, 4.69) is 41.3 Å². The molecule has 0 N–H and O–H groups in total. The summed E-state index contributed by atoms with van der Waals surface area (Å²) >= 11 is 0. The molecule has 2 unspecified atom stereocenters. The number of ether oxygens (including phenoxy) is 1. The highest BCUT2D eigenvalue weighted by Crippen LogP contribution is 2.44. The fourth-order valence-electron chi connectivity index (χ4n) is 5.70. The summed E-state index contributed by atoms with van der Waals surface area (Å²) < 4.78 is 44.5. The van der Waals surface area contributed by atoms with Crippen molar-refractivity contribution in [3.63, 3.8) is 0 Å². The van der Waals surface area contributed by atoms with Crippen LogP contribution < -0.4 is 0 Å². The predicted molar refractivity (Wildman–Crippen MR) is 130 cm³/mol. The van der Waals surface area contributed by atoms with Gasteiger partial charge in [-0.3, -0.25) is 9.69 Å². The van der Waals surface area contributed by atoms with Gasteiger partial charge >= 0.3 is 6.18 Å². The lowest BCUT2D eigenvalue weighted by Crippen LogP contribution is -2.50. The summed E-state index contributed by atoms with van der Waals surface area (Å²) in [6, 6.07) is 14.2. The molecular formula is C29H30F3NO2. The Bertz CT molecular complexity index is 1120. The zero-order valence-corrected chi connectivity index (χ0v) is 19.6. The first-order valence-electron chi connectivity index (χ1n) is 12.3. The quantitative estimate of drug-likeness (QED) is 0.492. The van der Waals surface area contributed by atoms with Crippen molar-refractivity contribution in [3.05, 3.63) is 89.0 Å². The van der Waals surface area contributed by atoms with E-state index in [1.807, 2.05) is 0 Å². The Morgan fingerprint density at radius 2 is 1.89 bits per heavy atom. The Hall–Kier alpha value is -2.70. The number of likely N-dealkylation sites (tertiary alicyclic amines) is 1. The average Bonchev–Trinajstić information content (AvgIpc) is 3.22. The third-order valence-corrected chi connectivity index (χ3v) is 7.74.